The minimum Gasteiger partial charge on any atom is -0.370 e. The largest absolute Gasteiger partial charge is 0.370 e. The first kappa shape index (κ1) is 18.7. The van der Waals surface area contributed by atoms with E-state index in [2.05, 4.69) is 15.5 Å². The molecule has 5 nitrogen and oxygen atoms in total. The predicted octanol–water partition coefficient (Wildman–Crippen LogP) is 4.03. The van der Waals surface area contributed by atoms with Crippen LogP contribution in [-0.4, -0.2) is 48.3 Å². The first-order valence-electron chi connectivity index (χ1n) is 10.8. The van der Waals surface area contributed by atoms with Gasteiger partial charge in [0.1, 0.15) is 5.66 Å². The van der Waals surface area contributed by atoms with Crippen LogP contribution < -0.4 is 10.6 Å². The molecule has 1 aromatic rings. The topological polar surface area (TPSA) is 53.6 Å². The molecule has 5 rings (SSSR count). The van der Waals surface area contributed by atoms with Gasteiger partial charge >= 0.3 is 0 Å². The Balaban J connectivity index is 1.23. The monoisotopic (exact) mass is 403 g/mol. The molecule has 2 spiro atoms. The Kier molecular flexibility index (Phi) is 4.80. The lowest BCUT2D eigenvalue weighted by Crippen LogP contribution is -2.59. The maximum atomic E-state index is 12.7. The third-order valence-corrected chi connectivity index (χ3v) is 7.45. The predicted molar refractivity (Wildman–Crippen MR) is 111 cm³/mol. The van der Waals surface area contributed by atoms with Crippen LogP contribution in [0.25, 0.3) is 0 Å². The molecule has 1 amide bonds. The highest BCUT2D eigenvalue weighted by Crippen LogP contribution is 2.43. The molecular weight excluding hydrogens is 374 g/mol. The van der Waals surface area contributed by atoms with E-state index < -0.39 is 5.66 Å². The summed E-state index contributed by atoms with van der Waals surface area (Å²) in [6.07, 6.45) is 9.97. The number of piperidine rings is 1. The Morgan fingerprint density at radius 1 is 1.14 bits per heavy atom. The van der Waals surface area contributed by atoms with E-state index in [0.717, 1.165) is 44.0 Å². The molecule has 0 radical (unpaired) electrons. The number of carbonyl (C=O) groups is 1. The van der Waals surface area contributed by atoms with Crippen molar-refractivity contribution in [1.82, 2.24) is 10.2 Å². The summed E-state index contributed by atoms with van der Waals surface area (Å²) in [5.41, 5.74) is 0.849. The van der Waals surface area contributed by atoms with Crippen molar-refractivity contribution in [3.8, 4) is 0 Å². The molecule has 3 fully saturated rings. The van der Waals surface area contributed by atoms with E-state index in [1.54, 1.807) is 6.07 Å². The van der Waals surface area contributed by atoms with Crippen LogP contribution in [-0.2, 0) is 4.74 Å². The van der Waals surface area contributed by atoms with E-state index in [-0.39, 0.29) is 11.5 Å². The molecule has 3 heterocycles. The quantitative estimate of drug-likeness (QED) is 0.782. The maximum Gasteiger partial charge on any atom is 0.255 e. The van der Waals surface area contributed by atoms with E-state index in [1.165, 1.54) is 38.6 Å². The number of ether oxygens (including phenoxy) is 1. The van der Waals surface area contributed by atoms with Gasteiger partial charge in [0.25, 0.3) is 5.91 Å². The molecule has 2 saturated heterocycles. The summed E-state index contributed by atoms with van der Waals surface area (Å²) in [4.78, 5) is 15.3. The van der Waals surface area contributed by atoms with Crippen LogP contribution in [0.1, 0.15) is 61.7 Å². The first-order valence-corrected chi connectivity index (χ1v) is 11.2. The SMILES string of the molecule is O=C1N[C@@]2(COC3(CCN(CC4CCCCC4)CC3)C2)Nc2ccc(Cl)cc21. The van der Waals surface area contributed by atoms with Gasteiger partial charge in [0.2, 0.25) is 0 Å². The number of halogens is 1. The van der Waals surface area contributed by atoms with Crippen molar-refractivity contribution in [2.24, 2.45) is 5.92 Å². The zero-order valence-corrected chi connectivity index (χ0v) is 17.2. The zero-order chi connectivity index (χ0) is 19.2. The van der Waals surface area contributed by atoms with E-state index in [0.29, 0.717) is 17.2 Å². The summed E-state index contributed by atoms with van der Waals surface area (Å²) in [5.74, 6) is 0.827. The van der Waals surface area contributed by atoms with Crippen LogP contribution in [0.15, 0.2) is 18.2 Å². The van der Waals surface area contributed by atoms with Crippen LogP contribution in [0.5, 0.6) is 0 Å². The number of hydrogen-bond donors (Lipinski definition) is 2. The second-order valence-corrected chi connectivity index (χ2v) is 9.74. The van der Waals surface area contributed by atoms with Gasteiger partial charge in [0.15, 0.2) is 0 Å². The summed E-state index contributed by atoms with van der Waals surface area (Å²) < 4.78 is 6.37. The second-order valence-electron chi connectivity index (χ2n) is 9.30. The highest BCUT2D eigenvalue weighted by atomic mass is 35.5. The molecule has 28 heavy (non-hydrogen) atoms. The third-order valence-electron chi connectivity index (χ3n) is 7.21. The molecule has 6 heteroatoms. The van der Waals surface area contributed by atoms with Crippen molar-refractivity contribution in [2.45, 2.75) is 62.6 Å². The Labute approximate surface area is 172 Å². The number of nitrogens with zero attached hydrogens (tertiary/aromatic N) is 1. The van der Waals surface area contributed by atoms with Gasteiger partial charge in [0.05, 0.1) is 17.8 Å². The highest BCUT2D eigenvalue weighted by molar-refractivity contribution is 6.31. The highest BCUT2D eigenvalue weighted by Gasteiger charge is 2.53. The summed E-state index contributed by atoms with van der Waals surface area (Å²) in [5, 5.41) is 7.31. The lowest BCUT2D eigenvalue weighted by molar-refractivity contribution is -0.0466. The van der Waals surface area contributed by atoms with Gasteiger partial charge in [-0.2, -0.15) is 0 Å². The molecule has 0 unspecified atom stereocenters. The van der Waals surface area contributed by atoms with Crippen LogP contribution in [0.2, 0.25) is 5.02 Å². The smallest absolute Gasteiger partial charge is 0.255 e. The van der Waals surface area contributed by atoms with Gasteiger partial charge in [-0.3, -0.25) is 4.79 Å². The lowest BCUT2D eigenvalue weighted by Gasteiger charge is -2.42. The number of amides is 1. The third kappa shape index (κ3) is 3.53. The Morgan fingerprint density at radius 3 is 2.71 bits per heavy atom. The number of hydrogen-bond acceptors (Lipinski definition) is 4. The molecule has 3 aliphatic heterocycles. The van der Waals surface area contributed by atoms with Crippen LogP contribution in [0.3, 0.4) is 0 Å². The molecule has 1 saturated carbocycles. The molecule has 4 aliphatic rings. The Hall–Kier alpha value is -1.30. The molecule has 152 valence electrons. The van der Waals surface area contributed by atoms with Gasteiger partial charge < -0.3 is 20.3 Å². The van der Waals surface area contributed by atoms with Crippen LogP contribution in [0.4, 0.5) is 5.69 Å². The number of anilines is 1. The van der Waals surface area contributed by atoms with E-state index in [1.807, 2.05) is 12.1 Å². The summed E-state index contributed by atoms with van der Waals surface area (Å²) >= 11 is 6.06. The molecule has 1 aromatic carbocycles. The van der Waals surface area contributed by atoms with Gasteiger partial charge in [-0.25, -0.2) is 0 Å². The molecular formula is C22H30ClN3O2. The van der Waals surface area contributed by atoms with Gasteiger partial charge in [-0.05, 0) is 49.8 Å². The standard InChI is InChI=1S/C22H30ClN3O2/c23-17-6-7-19-18(12-17)20(27)25-22(24-19)14-21(28-15-22)8-10-26(11-9-21)13-16-4-2-1-3-5-16/h6-7,12,16,24H,1-5,8-11,13-15H2,(H,25,27)/t22-/m0/s1. The second kappa shape index (κ2) is 7.19. The minimum absolute atomic E-state index is 0.0633. The normalized spacial score (nSPS) is 30.2. The fraction of sp³-hybridized carbons (Fsp3) is 0.682. The molecule has 0 bridgehead atoms. The lowest BCUT2D eigenvalue weighted by atomic mass is 9.83. The number of benzene rings is 1. The van der Waals surface area contributed by atoms with Crippen molar-refractivity contribution in [2.75, 3.05) is 31.6 Å². The molecule has 2 N–H and O–H groups in total. The number of likely N-dealkylation sites (tertiary alicyclic amines) is 1. The Morgan fingerprint density at radius 2 is 1.93 bits per heavy atom. The maximum absolute atomic E-state index is 12.7. The fourth-order valence-electron chi connectivity index (χ4n) is 5.68. The van der Waals surface area contributed by atoms with Crippen LogP contribution in [0, 0.1) is 5.92 Å². The number of fused-ring (bicyclic) bond motifs is 1. The van der Waals surface area contributed by atoms with Crippen LogP contribution >= 0.6 is 11.6 Å². The summed E-state index contributed by atoms with van der Waals surface area (Å²) in [6.45, 7) is 3.98. The zero-order valence-electron chi connectivity index (χ0n) is 16.4. The van der Waals surface area contributed by atoms with Gasteiger partial charge in [0, 0.05) is 36.8 Å². The van der Waals surface area contributed by atoms with Crippen molar-refractivity contribution in [3.05, 3.63) is 28.8 Å². The summed E-state index contributed by atoms with van der Waals surface area (Å²) in [6, 6.07) is 5.45. The van der Waals surface area contributed by atoms with Gasteiger partial charge in [-0.1, -0.05) is 30.9 Å². The average Bonchev–Trinajstić information content (AvgIpc) is 3.03. The number of rotatable bonds is 2. The molecule has 0 aromatic heterocycles. The number of nitrogens with one attached hydrogen (secondary N) is 2. The minimum atomic E-state index is -0.497. The van der Waals surface area contributed by atoms with E-state index in [4.69, 9.17) is 16.3 Å². The summed E-state index contributed by atoms with van der Waals surface area (Å²) in [7, 11) is 0. The Bertz CT molecular complexity index is 756. The average molecular weight is 404 g/mol. The molecule has 1 atom stereocenters. The van der Waals surface area contributed by atoms with E-state index >= 15 is 0 Å². The van der Waals surface area contributed by atoms with E-state index in [9.17, 15) is 4.79 Å². The first-order chi connectivity index (χ1) is 13.5. The number of carbonyl (C=O) groups excluding carboxylic acids is 1. The van der Waals surface area contributed by atoms with Crippen molar-refractivity contribution in [3.63, 3.8) is 0 Å². The van der Waals surface area contributed by atoms with Crippen molar-refractivity contribution < 1.29 is 9.53 Å². The van der Waals surface area contributed by atoms with Crippen molar-refractivity contribution >= 4 is 23.2 Å². The van der Waals surface area contributed by atoms with Gasteiger partial charge in [-0.15, -0.1) is 0 Å². The van der Waals surface area contributed by atoms with Crippen molar-refractivity contribution in [1.29, 1.82) is 0 Å². The molecule has 1 aliphatic carbocycles. The fourth-order valence-corrected chi connectivity index (χ4v) is 5.85.